The molecule has 3 aromatic rings. The normalized spacial score (nSPS) is 22.9. The third-order valence-corrected chi connectivity index (χ3v) is 6.07. The highest BCUT2D eigenvalue weighted by Crippen LogP contribution is 2.45. The zero-order chi connectivity index (χ0) is 24.9. The summed E-state index contributed by atoms with van der Waals surface area (Å²) in [5.74, 6) is -1.15. The van der Waals surface area contributed by atoms with Crippen molar-refractivity contribution in [2.75, 3.05) is 6.61 Å². The highest BCUT2D eigenvalue weighted by Gasteiger charge is 2.40. The maximum atomic E-state index is 12.7. The quantitative estimate of drug-likeness (QED) is 0.323. The zero-order valence-corrected chi connectivity index (χ0v) is 18.2. The lowest BCUT2D eigenvalue weighted by Gasteiger charge is -2.35. The van der Waals surface area contributed by atoms with Crippen molar-refractivity contribution in [3.63, 3.8) is 0 Å². The average Bonchev–Trinajstić information content (AvgIpc) is 2.85. The van der Waals surface area contributed by atoms with Gasteiger partial charge in [-0.1, -0.05) is 12.1 Å². The zero-order valence-electron chi connectivity index (χ0n) is 18.2. The van der Waals surface area contributed by atoms with Gasteiger partial charge in [0.2, 0.25) is 5.78 Å². The lowest BCUT2D eigenvalue weighted by atomic mass is 9.92. The number of Topliss-reactive ketones (excluding diaryl/α,β-unsaturated/α-hetero) is 1. The summed E-state index contributed by atoms with van der Waals surface area (Å²) in [5, 5.41) is 59.6. The molecule has 3 aromatic carbocycles. The molecule has 4 atom stereocenters. The Labute approximate surface area is 198 Å². The second-order valence-electron chi connectivity index (χ2n) is 8.32. The molecule has 35 heavy (non-hydrogen) atoms. The van der Waals surface area contributed by atoms with Crippen molar-refractivity contribution in [1.29, 1.82) is 0 Å². The summed E-state index contributed by atoms with van der Waals surface area (Å²) in [7, 11) is 0. The summed E-state index contributed by atoms with van der Waals surface area (Å²) >= 11 is 0. The molecule has 0 radical (unpaired) electrons. The maximum Gasteiger partial charge on any atom is 0.202 e. The molecule has 0 bridgehead atoms. The number of aromatic hydroxyl groups is 3. The van der Waals surface area contributed by atoms with Crippen LogP contribution in [0.4, 0.5) is 0 Å². The molecule has 182 valence electrons. The van der Waals surface area contributed by atoms with Crippen LogP contribution in [0, 0.1) is 0 Å². The number of carbonyl (C=O) groups is 1. The molecule has 6 N–H and O–H groups in total. The van der Waals surface area contributed by atoms with Gasteiger partial charge in [0.1, 0.15) is 28.6 Å². The third-order valence-electron chi connectivity index (χ3n) is 6.07. The Kier molecular flexibility index (Phi) is 5.64. The fourth-order valence-electron chi connectivity index (χ4n) is 4.32. The first kappa shape index (κ1) is 22.8. The summed E-state index contributed by atoms with van der Waals surface area (Å²) in [4.78, 5) is 12.7. The SMILES string of the molecule is O=C1c2c(O)cc(O)cc2O[C@H](c2ccc3c(c2)O[C@H](c2ccc(O)c(CO)c2)[C@@H](CO)O3)[C@H]1O. The number of phenols is 3. The Morgan fingerprint density at radius 1 is 0.743 bits per heavy atom. The molecular formula is C25H22O10. The Hall–Kier alpha value is -3.99. The Morgan fingerprint density at radius 3 is 2.20 bits per heavy atom. The van der Waals surface area contributed by atoms with E-state index in [4.69, 9.17) is 14.2 Å². The number of ether oxygens (including phenoxy) is 3. The number of aliphatic hydroxyl groups is 3. The van der Waals surface area contributed by atoms with Crippen molar-refractivity contribution < 1.29 is 49.6 Å². The van der Waals surface area contributed by atoms with Gasteiger partial charge in [-0.05, 0) is 35.4 Å². The van der Waals surface area contributed by atoms with Gasteiger partial charge in [0.05, 0.1) is 13.2 Å². The van der Waals surface area contributed by atoms with E-state index in [2.05, 4.69) is 0 Å². The van der Waals surface area contributed by atoms with Crippen molar-refractivity contribution >= 4 is 5.78 Å². The van der Waals surface area contributed by atoms with Gasteiger partial charge < -0.3 is 44.8 Å². The van der Waals surface area contributed by atoms with Gasteiger partial charge in [0.15, 0.2) is 35.9 Å². The fourth-order valence-corrected chi connectivity index (χ4v) is 4.32. The summed E-state index contributed by atoms with van der Waals surface area (Å²) in [6.45, 7) is -0.765. The molecule has 0 amide bonds. The van der Waals surface area contributed by atoms with Crippen LogP contribution in [0.25, 0.3) is 0 Å². The topological polar surface area (TPSA) is 166 Å². The summed E-state index contributed by atoms with van der Waals surface area (Å²) in [6, 6.07) is 11.3. The average molecular weight is 482 g/mol. The number of rotatable bonds is 4. The van der Waals surface area contributed by atoms with Gasteiger partial charge in [-0.3, -0.25) is 4.79 Å². The Morgan fingerprint density at radius 2 is 1.46 bits per heavy atom. The highest BCUT2D eigenvalue weighted by atomic mass is 16.6. The van der Waals surface area contributed by atoms with E-state index < -0.39 is 42.6 Å². The highest BCUT2D eigenvalue weighted by molar-refractivity contribution is 6.05. The molecule has 0 aromatic heterocycles. The summed E-state index contributed by atoms with van der Waals surface area (Å²) in [5.41, 5.74) is 0.974. The van der Waals surface area contributed by atoms with Crippen LogP contribution >= 0.6 is 0 Å². The van der Waals surface area contributed by atoms with E-state index in [0.717, 1.165) is 6.07 Å². The predicted octanol–water partition coefficient (Wildman–Crippen LogP) is 1.85. The van der Waals surface area contributed by atoms with Crippen molar-refractivity contribution in [3.05, 3.63) is 70.8 Å². The lowest BCUT2D eigenvalue weighted by molar-refractivity contribution is -0.0130. The van der Waals surface area contributed by atoms with Crippen LogP contribution < -0.4 is 14.2 Å². The molecule has 10 heteroatoms. The Balaban J connectivity index is 1.49. The first-order valence-electron chi connectivity index (χ1n) is 10.8. The van der Waals surface area contributed by atoms with Crippen molar-refractivity contribution in [2.24, 2.45) is 0 Å². The summed E-state index contributed by atoms with van der Waals surface area (Å²) < 4.78 is 17.8. The number of hydrogen-bond donors (Lipinski definition) is 6. The predicted molar refractivity (Wildman–Crippen MR) is 119 cm³/mol. The van der Waals surface area contributed by atoms with Crippen LogP contribution in [0.3, 0.4) is 0 Å². The standard InChI is InChI=1S/C25H22O10/c26-9-13-5-11(1-3-15(13)29)24-20(10-27)33-17-4-2-12(6-18(17)34-24)25-23(32)22(31)21-16(30)7-14(28)8-19(21)35-25/h1-8,20,23-30,32H,9-10H2/t20-,23+,24-,25-/m1/s1. The minimum Gasteiger partial charge on any atom is -0.508 e. The van der Waals surface area contributed by atoms with E-state index >= 15 is 0 Å². The van der Waals surface area contributed by atoms with E-state index in [1.807, 2.05) is 0 Å². The van der Waals surface area contributed by atoms with E-state index in [1.165, 1.54) is 18.2 Å². The summed E-state index contributed by atoms with van der Waals surface area (Å²) in [6.07, 6.45) is -4.36. The van der Waals surface area contributed by atoms with Gasteiger partial charge in [-0.25, -0.2) is 0 Å². The number of fused-ring (bicyclic) bond motifs is 2. The molecular weight excluding hydrogens is 460 g/mol. The minimum absolute atomic E-state index is 0.0727. The molecule has 0 unspecified atom stereocenters. The molecule has 0 fully saturated rings. The minimum atomic E-state index is -1.63. The monoisotopic (exact) mass is 482 g/mol. The molecule has 0 saturated heterocycles. The van der Waals surface area contributed by atoms with Gasteiger partial charge in [0, 0.05) is 17.7 Å². The van der Waals surface area contributed by atoms with Gasteiger partial charge >= 0.3 is 0 Å². The largest absolute Gasteiger partial charge is 0.508 e. The van der Waals surface area contributed by atoms with Crippen LogP contribution in [-0.2, 0) is 6.61 Å². The smallest absolute Gasteiger partial charge is 0.202 e. The molecule has 0 saturated carbocycles. The molecule has 10 nitrogen and oxygen atoms in total. The van der Waals surface area contributed by atoms with E-state index in [-0.39, 0.29) is 40.7 Å². The second kappa shape index (κ2) is 8.66. The van der Waals surface area contributed by atoms with E-state index in [1.54, 1.807) is 24.3 Å². The molecule has 2 aliphatic rings. The number of carbonyl (C=O) groups excluding carboxylic acids is 1. The number of phenolic OH excluding ortho intramolecular Hbond substituents is 2. The number of ketones is 1. The van der Waals surface area contributed by atoms with Crippen LogP contribution in [0.1, 0.15) is 39.3 Å². The maximum absolute atomic E-state index is 12.7. The first-order chi connectivity index (χ1) is 16.8. The molecule has 0 aliphatic carbocycles. The van der Waals surface area contributed by atoms with Gasteiger partial charge in [-0.15, -0.1) is 0 Å². The second-order valence-corrected chi connectivity index (χ2v) is 8.32. The molecule has 2 heterocycles. The van der Waals surface area contributed by atoms with E-state index in [9.17, 15) is 35.4 Å². The lowest BCUT2D eigenvalue weighted by Crippen LogP contribution is -2.37. The number of hydrogen-bond acceptors (Lipinski definition) is 10. The van der Waals surface area contributed by atoms with E-state index in [0.29, 0.717) is 16.9 Å². The fraction of sp³-hybridized carbons (Fsp3) is 0.240. The molecule has 0 spiro atoms. The van der Waals surface area contributed by atoms with Crippen LogP contribution in [0.15, 0.2) is 48.5 Å². The van der Waals surface area contributed by atoms with Crippen molar-refractivity contribution in [3.8, 4) is 34.5 Å². The molecule has 2 aliphatic heterocycles. The van der Waals surface area contributed by atoms with Gasteiger partial charge in [-0.2, -0.15) is 0 Å². The third kappa shape index (κ3) is 3.87. The number of benzene rings is 3. The van der Waals surface area contributed by atoms with Crippen LogP contribution in [0.5, 0.6) is 34.5 Å². The first-order valence-corrected chi connectivity index (χ1v) is 10.8. The van der Waals surface area contributed by atoms with Crippen molar-refractivity contribution in [1.82, 2.24) is 0 Å². The van der Waals surface area contributed by atoms with Crippen LogP contribution in [0.2, 0.25) is 0 Å². The molecule has 5 rings (SSSR count). The van der Waals surface area contributed by atoms with Gasteiger partial charge in [0.25, 0.3) is 0 Å². The number of aliphatic hydroxyl groups excluding tert-OH is 3. The van der Waals surface area contributed by atoms with Crippen molar-refractivity contribution in [2.45, 2.75) is 31.0 Å². The Bertz CT molecular complexity index is 1300. The van der Waals surface area contributed by atoms with Crippen LogP contribution in [-0.4, -0.2) is 55.2 Å².